The van der Waals surface area contributed by atoms with Crippen molar-refractivity contribution in [2.75, 3.05) is 19.8 Å². The molecule has 0 radical (unpaired) electrons. The normalized spacial score (nSPS) is 11.6. The minimum absolute atomic E-state index is 0.356. The summed E-state index contributed by atoms with van der Waals surface area (Å²) in [6.45, 7) is 6.68. The van der Waals surface area contributed by atoms with Crippen molar-refractivity contribution < 1.29 is 19.4 Å². The molecule has 1 N–H and O–H groups in total. The number of rotatable bonds is 22. The van der Waals surface area contributed by atoms with Gasteiger partial charge in [-0.25, -0.2) is 14.8 Å². The lowest BCUT2D eigenvalue weighted by Gasteiger charge is -2.08. The summed E-state index contributed by atoms with van der Waals surface area (Å²) in [5.41, 5.74) is 1.90. The van der Waals surface area contributed by atoms with Crippen LogP contribution in [0.15, 0.2) is 42.7 Å². The summed E-state index contributed by atoms with van der Waals surface area (Å²) in [4.78, 5) is 20.7. The summed E-state index contributed by atoms with van der Waals surface area (Å²) in [5, 5.41) is 9.70. The van der Waals surface area contributed by atoms with E-state index < -0.39 is 5.97 Å². The van der Waals surface area contributed by atoms with Crippen LogP contribution in [0.5, 0.6) is 5.75 Å². The van der Waals surface area contributed by atoms with Crippen LogP contribution in [0.4, 0.5) is 0 Å². The molecule has 0 fully saturated rings. The quantitative estimate of drug-likeness (QED) is 0.123. The number of carboxylic acids is 1. The Morgan fingerprint density at radius 3 is 1.95 bits per heavy atom. The SMILES string of the molecule is CCCCCCCCCC=C(C(=O)O)c1ccc(-c2ncc(OCCCCOCCCCCC)cn2)cc1. The average Bonchev–Trinajstić information content (AvgIpc) is 2.93. The molecule has 0 unspecified atom stereocenters. The van der Waals surface area contributed by atoms with E-state index in [0.29, 0.717) is 29.3 Å². The fourth-order valence-electron chi connectivity index (χ4n) is 4.24. The van der Waals surface area contributed by atoms with Crippen molar-refractivity contribution in [3.63, 3.8) is 0 Å². The standard InChI is InChI=1S/C32H48N2O4/c1-3-5-7-9-10-11-12-13-17-30(32(35)36)27-18-20-28(21-19-27)31-33-25-29(26-34-31)38-24-16-15-23-37-22-14-8-6-4-2/h17-21,25-26H,3-16,22-24H2,1-2H3,(H,35,36). The summed E-state index contributed by atoms with van der Waals surface area (Å²) < 4.78 is 11.4. The van der Waals surface area contributed by atoms with Crippen molar-refractivity contribution in [1.29, 1.82) is 0 Å². The fraction of sp³-hybridized carbons (Fsp3) is 0.594. The first-order valence-corrected chi connectivity index (χ1v) is 14.7. The monoisotopic (exact) mass is 524 g/mol. The maximum Gasteiger partial charge on any atom is 0.335 e. The highest BCUT2D eigenvalue weighted by Crippen LogP contribution is 2.22. The van der Waals surface area contributed by atoms with Gasteiger partial charge in [0.15, 0.2) is 11.6 Å². The number of aromatic nitrogens is 2. The molecular weight excluding hydrogens is 476 g/mol. The first-order chi connectivity index (χ1) is 18.7. The van der Waals surface area contributed by atoms with Gasteiger partial charge in [0, 0.05) is 18.8 Å². The van der Waals surface area contributed by atoms with Crippen molar-refractivity contribution in [1.82, 2.24) is 9.97 Å². The Hall–Kier alpha value is -2.73. The maximum absolute atomic E-state index is 11.8. The van der Waals surface area contributed by atoms with Crippen LogP contribution in [-0.2, 0) is 9.53 Å². The van der Waals surface area contributed by atoms with Crippen molar-refractivity contribution in [2.45, 2.75) is 104 Å². The number of hydrogen-bond acceptors (Lipinski definition) is 5. The molecule has 2 rings (SSSR count). The molecule has 0 aliphatic heterocycles. The summed E-state index contributed by atoms with van der Waals surface area (Å²) >= 11 is 0. The van der Waals surface area contributed by atoms with Crippen molar-refractivity contribution >= 4 is 11.5 Å². The average molecular weight is 525 g/mol. The number of unbranched alkanes of at least 4 members (excludes halogenated alkanes) is 11. The second-order valence-corrected chi connectivity index (χ2v) is 9.88. The largest absolute Gasteiger partial charge is 0.490 e. The Labute approximate surface area is 229 Å². The Balaban J connectivity index is 1.74. The first kappa shape index (κ1) is 31.5. The molecule has 0 saturated heterocycles. The summed E-state index contributed by atoms with van der Waals surface area (Å²) in [6, 6.07) is 7.41. The Kier molecular flexibility index (Phi) is 16.8. The zero-order valence-electron chi connectivity index (χ0n) is 23.6. The number of nitrogens with zero attached hydrogens (tertiary/aromatic N) is 2. The summed E-state index contributed by atoms with van der Waals surface area (Å²) in [6.07, 6.45) is 21.4. The van der Waals surface area contributed by atoms with Gasteiger partial charge in [0.25, 0.3) is 0 Å². The van der Waals surface area contributed by atoms with E-state index >= 15 is 0 Å². The number of hydrogen-bond donors (Lipinski definition) is 1. The van der Waals surface area contributed by atoms with Crippen LogP contribution in [-0.4, -0.2) is 40.9 Å². The van der Waals surface area contributed by atoms with Gasteiger partial charge in [0.2, 0.25) is 0 Å². The van der Waals surface area contributed by atoms with E-state index in [-0.39, 0.29) is 0 Å². The predicted octanol–water partition coefficient (Wildman–Crippen LogP) is 8.51. The van der Waals surface area contributed by atoms with Crippen molar-refractivity contribution in [3.05, 3.63) is 48.3 Å². The van der Waals surface area contributed by atoms with Crippen molar-refractivity contribution in [2.24, 2.45) is 0 Å². The predicted molar refractivity (Wildman–Crippen MR) is 155 cm³/mol. The number of benzene rings is 1. The molecule has 6 heteroatoms. The molecule has 0 amide bonds. The highest BCUT2D eigenvalue weighted by Gasteiger charge is 2.11. The van der Waals surface area contributed by atoms with Crippen LogP contribution in [0.3, 0.4) is 0 Å². The van der Waals surface area contributed by atoms with Crippen LogP contribution in [0.2, 0.25) is 0 Å². The molecule has 1 aromatic carbocycles. The van der Waals surface area contributed by atoms with Gasteiger partial charge in [0.1, 0.15) is 0 Å². The number of carboxylic acid groups (broad SMARTS) is 1. The smallest absolute Gasteiger partial charge is 0.335 e. The molecule has 0 aliphatic rings. The van der Waals surface area contributed by atoms with Gasteiger partial charge in [-0.1, -0.05) is 102 Å². The van der Waals surface area contributed by atoms with Crippen LogP contribution in [0.1, 0.15) is 109 Å². The van der Waals surface area contributed by atoms with Crippen LogP contribution in [0.25, 0.3) is 17.0 Å². The molecule has 6 nitrogen and oxygen atoms in total. The lowest BCUT2D eigenvalue weighted by molar-refractivity contribution is -0.130. The zero-order valence-corrected chi connectivity index (χ0v) is 23.6. The van der Waals surface area contributed by atoms with Gasteiger partial charge >= 0.3 is 5.97 Å². The van der Waals surface area contributed by atoms with Gasteiger partial charge < -0.3 is 14.6 Å². The molecule has 38 heavy (non-hydrogen) atoms. The van der Waals surface area contributed by atoms with E-state index in [4.69, 9.17) is 9.47 Å². The minimum atomic E-state index is -0.892. The van der Waals surface area contributed by atoms with E-state index in [9.17, 15) is 9.90 Å². The van der Waals surface area contributed by atoms with E-state index in [1.54, 1.807) is 12.4 Å². The van der Waals surface area contributed by atoms with Crippen LogP contribution < -0.4 is 4.74 Å². The Morgan fingerprint density at radius 2 is 1.32 bits per heavy atom. The molecule has 0 saturated carbocycles. The molecule has 1 aromatic heterocycles. The second-order valence-electron chi connectivity index (χ2n) is 9.88. The topological polar surface area (TPSA) is 81.5 Å². The summed E-state index contributed by atoms with van der Waals surface area (Å²) in [5.74, 6) is 0.341. The third kappa shape index (κ3) is 13.2. The molecular formula is C32H48N2O4. The van der Waals surface area contributed by atoms with E-state index in [2.05, 4.69) is 23.8 Å². The van der Waals surface area contributed by atoms with E-state index in [0.717, 1.165) is 57.3 Å². The van der Waals surface area contributed by atoms with Gasteiger partial charge in [0.05, 0.1) is 24.6 Å². The molecule has 0 aliphatic carbocycles. The second kappa shape index (κ2) is 20.3. The van der Waals surface area contributed by atoms with Crippen molar-refractivity contribution in [3.8, 4) is 17.1 Å². The van der Waals surface area contributed by atoms with Gasteiger partial charge in [-0.2, -0.15) is 0 Å². The van der Waals surface area contributed by atoms with E-state index in [1.165, 1.54) is 51.4 Å². The number of carbonyl (C=O) groups is 1. The Morgan fingerprint density at radius 1 is 0.763 bits per heavy atom. The Bertz CT molecular complexity index is 910. The lowest BCUT2D eigenvalue weighted by Crippen LogP contribution is -2.02. The van der Waals surface area contributed by atoms with Crippen LogP contribution in [0, 0.1) is 0 Å². The van der Waals surface area contributed by atoms with Gasteiger partial charge in [-0.05, 0) is 37.7 Å². The number of ether oxygens (including phenoxy) is 2. The lowest BCUT2D eigenvalue weighted by atomic mass is 10.0. The molecule has 2 aromatic rings. The van der Waals surface area contributed by atoms with Gasteiger partial charge in [-0.15, -0.1) is 0 Å². The van der Waals surface area contributed by atoms with Gasteiger partial charge in [-0.3, -0.25) is 0 Å². The molecule has 0 atom stereocenters. The van der Waals surface area contributed by atoms with Crippen LogP contribution >= 0.6 is 0 Å². The number of allylic oxidation sites excluding steroid dienone is 1. The highest BCUT2D eigenvalue weighted by molar-refractivity contribution is 6.15. The fourth-order valence-corrected chi connectivity index (χ4v) is 4.24. The first-order valence-electron chi connectivity index (χ1n) is 14.7. The molecule has 1 heterocycles. The molecule has 0 spiro atoms. The number of aliphatic carboxylic acids is 1. The summed E-state index contributed by atoms with van der Waals surface area (Å²) in [7, 11) is 0. The minimum Gasteiger partial charge on any atom is -0.490 e. The third-order valence-corrected chi connectivity index (χ3v) is 6.56. The molecule has 0 bridgehead atoms. The molecule has 210 valence electrons. The highest BCUT2D eigenvalue weighted by atomic mass is 16.5. The maximum atomic E-state index is 11.8. The van der Waals surface area contributed by atoms with E-state index in [1.807, 2.05) is 30.3 Å². The zero-order chi connectivity index (χ0) is 27.3. The third-order valence-electron chi connectivity index (χ3n) is 6.56.